The van der Waals surface area contributed by atoms with E-state index in [1.165, 1.54) is 6.07 Å². The number of amides is 2. The predicted octanol–water partition coefficient (Wildman–Crippen LogP) is 1.87. The lowest BCUT2D eigenvalue weighted by molar-refractivity contribution is -0.137. The summed E-state index contributed by atoms with van der Waals surface area (Å²) in [5, 5.41) is 8.43. The van der Waals surface area contributed by atoms with Crippen molar-refractivity contribution in [3.8, 4) is 0 Å². The summed E-state index contributed by atoms with van der Waals surface area (Å²) in [4.78, 5) is 11.6. The number of nitrogens with one attached hydrogen (secondary N) is 3. The van der Waals surface area contributed by atoms with Crippen LogP contribution in [-0.2, 0) is 12.7 Å². The van der Waals surface area contributed by atoms with Crippen molar-refractivity contribution >= 4 is 6.03 Å². The molecule has 1 aromatic rings. The molecule has 1 aliphatic rings. The fraction of sp³-hybridized carbons (Fsp3) is 0.462. The van der Waals surface area contributed by atoms with Gasteiger partial charge in [-0.2, -0.15) is 13.2 Å². The number of alkyl halides is 3. The van der Waals surface area contributed by atoms with E-state index in [4.69, 9.17) is 0 Å². The van der Waals surface area contributed by atoms with Gasteiger partial charge < -0.3 is 16.0 Å². The number of benzene rings is 1. The van der Waals surface area contributed by atoms with Gasteiger partial charge in [-0.05, 0) is 30.7 Å². The Balaban J connectivity index is 1.85. The molecule has 4 nitrogen and oxygen atoms in total. The normalized spacial score (nSPS) is 18.9. The number of rotatable bonds is 3. The molecule has 0 aliphatic carbocycles. The number of urea groups is 1. The van der Waals surface area contributed by atoms with Crippen LogP contribution >= 0.6 is 0 Å². The van der Waals surface area contributed by atoms with Crippen molar-refractivity contribution in [3.63, 3.8) is 0 Å². The summed E-state index contributed by atoms with van der Waals surface area (Å²) in [6, 6.07) is 4.64. The van der Waals surface area contributed by atoms with Gasteiger partial charge in [0.1, 0.15) is 0 Å². The van der Waals surface area contributed by atoms with Gasteiger partial charge in [-0.25, -0.2) is 4.79 Å². The molecular formula is C13H16F3N3O. The SMILES string of the molecule is O=C(NCc1cccc(C(F)(F)F)c1)NC1CCNC1. The molecule has 0 bridgehead atoms. The second-order valence-electron chi connectivity index (χ2n) is 4.71. The number of hydrogen-bond acceptors (Lipinski definition) is 2. The first-order valence-electron chi connectivity index (χ1n) is 6.36. The minimum absolute atomic E-state index is 0.0654. The van der Waals surface area contributed by atoms with Crippen LogP contribution in [0.3, 0.4) is 0 Å². The Morgan fingerprint density at radius 2 is 2.20 bits per heavy atom. The Bertz CT molecular complexity index is 470. The van der Waals surface area contributed by atoms with Gasteiger partial charge in [0.15, 0.2) is 0 Å². The van der Waals surface area contributed by atoms with Gasteiger partial charge in [0.05, 0.1) is 5.56 Å². The van der Waals surface area contributed by atoms with E-state index in [2.05, 4.69) is 16.0 Å². The molecule has 0 spiro atoms. The number of carbonyl (C=O) groups is 1. The van der Waals surface area contributed by atoms with Crippen LogP contribution in [-0.4, -0.2) is 25.2 Å². The molecule has 1 aromatic carbocycles. The second kappa shape index (κ2) is 6.13. The van der Waals surface area contributed by atoms with Crippen molar-refractivity contribution < 1.29 is 18.0 Å². The highest BCUT2D eigenvalue weighted by atomic mass is 19.4. The Kier molecular flexibility index (Phi) is 4.49. The maximum absolute atomic E-state index is 12.5. The van der Waals surface area contributed by atoms with Crippen molar-refractivity contribution in [2.45, 2.75) is 25.2 Å². The standard InChI is InChI=1S/C13H16F3N3O/c14-13(15,16)10-3-1-2-9(6-10)7-18-12(20)19-11-4-5-17-8-11/h1-3,6,11,17H,4-5,7-8H2,(H2,18,19,20). The lowest BCUT2D eigenvalue weighted by Gasteiger charge is -2.13. The summed E-state index contributed by atoms with van der Waals surface area (Å²) >= 11 is 0. The Morgan fingerprint density at radius 3 is 2.85 bits per heavy atom. The minimum atomic E-state index is -4.37. The molecular weight excluding hydrogens is 271 g/mol. The summed E-state index contributed by atoms with van der Waals surface area (Å²) in [5.74, 6) is 0. The molecule has 0 radical (unpaired) electrons. The first-order chi connectivity index (χ1) is 9.45. The zero-order chi connectivity index (χ0) is 14.6. The molecule has 2 rings (SSSR count). The Morgan fingerprint density at radius 1 is 1.40 bits per heavy atom. The van der Waals surface area contributed by atoms with Crippen LogP contribution in [0.4, 0.5) is 18.0 Å². The van der Waals surface area contributed by atoms with Gasteiger partial charge >= 0.3 is 12.2 Å². The lowest BCUT2D eigenvalue weighted by atomic mass is 10.1. The van der Waals surface area contributed by atoms with Gasteiger partial charge in [0, 0.05) is 19.1 Å². The van der Waals surface area contributed by atoms with Crippen LogP contribution < -0.4 is 16.0 Å². The molecule has 1 aliphatic heterocycles. The fourth-order valence-corrected chi connectivity index (χ4v) is 2.05. The van der Waals surface area contributed by atoms with Crippen LogP contribution in [0.15, 0.2) is 24.3 Å². The predicted molar refractivity (Wildman–Crippen MR) is 68.1 cm³/mol. The Hall–Kier alpha value is -1.76. The van der Waals surface area contributed by atoms with Gasteiger partial charge in [0.25, 0.3) is 0 Å². The highest BCUT2D eigenvalue weighted by molar-refractivity contribution is 5.74. The van der Waals surface area contributed by atoms with Crippen molar-refractivity contribution in [3.05, 3.63) is 35.4 Å². The van der Waals surface area contributed by atoms with Gasteiger partial charge in [-0.15, -0.1) is 0 Å². The fourth-order valence-electron chi connectivity index (χ4n) is 2.05. The quantitative estimate of drug-likeness (QED) is 0.795. The molecule has 1 fully saturated rings. The van der Waals surface area contributed by atoms with Gasteiger partial charge in [0.2, 0.25) is 0 Å². The van der Waals surface area contributed by atoms with Crippen molar-refractivity contribution in [1.82, 2.24) is 16.0 Å². The lowest BCUT2D eigenvalue weighted by Crippen LogP contribution is -2.42. The molecule has 3 N–H and O–H groups in total. The average molecular weight is 287 g/mol. The summed E-state index contributed by atoms with van der Waals surface area (Å²) in [6.45, 7) is 1.64. The summed E-state index contributed by atoms with van der Waals surface area (Å²) in [6.07, 6.45) is -3.51. The van der Waals surface area contributed by atoms with E-state index < -0.39 is 11.7 Å². The number of halogens is 3. The number of carbonyl (C=O) groups excluding carboxylic acids is 1. The second-order valence-corrected chi connectivity index (χ2v) is 4.71. The van der Waals surface area contributed by atoms with Gasteiger partial charge in [-0.3, -0.25) is 0 Å². The molecule has 7 heteroatoms. The van der Waals surface area contributed by atoms with Crippen LogP contribution in [0.2, 0.25) is 0 Å². The van der Waals surface area contributed by atoms with Crippen molar-refractivity contribution in [1.29, 1.82) is 0 Å². The third-order valence-electron chi connectivity index (χ3n) is 3.10. The van der Waals surface area contributed by atoms with E-state index >= 15 is 0 Å². The van der Waals surface area contributed by atoms with Crippen LogP contribution in [0.25, 0.3) is 0 Å². The molecule has 1 unspecified atom stereocenters. The van der Waals surface area contributed by atoms with Crippen molar-refractivity contribution in [2.24, 2.45) is 0 Å². The van der Waals surface area contributed by atoms with Crippen molar-refractivity contribution in [2.75, 3.05) is 13.1 Å². The molecule has 110 valence electrons. The first kappa shape index (κ1) is 14.6. The van der Waals surface area contributed by atoms with Gasteiger partial charge in [-0.1, -0.05) is 12.1 Å². The molecule has 0 aromatic heterocycles. The van der Waals surface area contributed by atoms with E-state index in [0.717, 1.165) is 31.6 Å². The van der Waals surface area contributed by atoms with E-state index in [9.17, 15) is 18.0 Å². The summed E-state index contributed by atoms with van der Waals surface area (Å²) in [7, 11) is 0. The topological polar surface area (TPSA) is 53.2 Å². The molecule has 1 heterocycles. The molecule has 0 saturated carbocycles. The van der Waals surface area contributed by atoms with E-state index in [1.54, 1.807) is 6.07 Å². The highest BCUT2D eigenvalue weighted by Crippen LogP contribution is 2.29. The zero-order valence-corrected chi connectivity index (χ0v) is 10.8. The van der Waals surface area contributed by atoms with Crippen LogP contribution in [0, 0.1) is 0 Å². The minimum Gasteiger partial charge on any atom is -0.334 e. The third-order valence-corrected chi connectivity index (χ3v) is 3.10. The third kappa shape index (κ3) is 4.12. The molecule has 20 heavy (non-hydrogen) atoms. The van der Waals surface area contributed by atoms with E-state index in [1.807, 2.05) is 0 Å². The number of hydrogen-bond donors (Lipinski definition) is 3. The molecule has 1 atom stereocenters. The molecule has 2 amide bonds. The van der Waals surface area contributed by atoms with Crippen LogP contribution in [0.5, 0.6) is 0 Å². The zero-order valence-electron chi connectivity index (χ0n) is 10.8. The Labute approximate surface area is 114 Å². The smallest absolute Gasteiger partial charge is 0.334 e. The average Bonchev–Trinajstić information content (AvgIpc) is 2.88. The highest BCUT2D eigenvalue weighted by Gasteiger charge is 2.30. The summed E-state index contributed by atoms with van der Waals surface area (Å²) in [5.41, 5.74) is -0.295. The first-order valence-corrected chi connectivity index (χ1v) is 6.36. The monoisotopic (exact) mass is 287 g/mol. The largest absolute Gasteiger partial charge is 0.416 e. The van der Waals surface area contributed by atoms with Crippen LogP contribution in [0.1, 0.15) is 17.5 Å². The summed E-state index contributed by atoms with van der Waals surface area (Å²) < 4.78 is 37.6. The maximum Gasteiger partial charge on any atom is 0.416 e. The van der Waals surface area contributed by atoms with E-state index in [-0.39, 0.29) is 18.6 Å². The van der Waals surface area contributed by atoms with E-state index in [0.29, 0.717) is 5.56 Å². The molecule has 1 saturated heterocycles. The maximum atomic E-state index is 12.5.